The van der Waals surface area contributed by atoms with E-state index in [0.29, 0.717) is 6.04 Å². The van der Waals surface area contributed by atoms with Crippen molar-refractivity contribution in [3.63, 3.8) is 0 Å². The highest BCUT2D eigenvalue weighted by atomic mass is 15.3. The minimum absolute atomic E-state index is 0.553. The standard InChI is InChI=1S/C19H22N4/c1-14-13-22(2)9-10-23(14)18-5-3-15(4-6-18)17-11-16-7-8-20-19(16)21-12-17/h3-8,11-12,14H,9-10,13H2,1-2H3,(H,20,21). The van der Waals surface area contributed by atoms with Gasteiger partial charge in [-0.2, -0.15) is 0 Å². The Labute approximate surface area is 136 Å². The van der Waals surface area contributed by atoms with Gasteiger partial charge in [0.05, 0.1) is 0 Å². The predicted molar refractivity (Wildman–Crippen MR) is 95.8 cm³/mol. The van der Waals surface area contributed by atoms with Crippen molar-refractivity contribution in [2.45, 2.75) is 13.0 Å². The number of H-pyrrole nitrogens is 1. The summed E-state index contributed by atoms with van der Waals surface area (Å²) in [5.41, 5.74) is 4.63. The first kappa shape index (κ1) is 14.3. The van der Waals surface area contributed by atoms with E-state index in [1.54, 1.807) is 0 Å². The van der Waals surface area contributed by atoms with Crippen LogP contribution in [0.4, 0.5) is 5.69 Å². The minimum atomic E-state index is 0.553. The Kier molecular flexibility index (Phi) is 3.54. The van der Waals surface area contributed by atoms with Crippen LogP contribution in [0.5, 0.6) is 0 Å². The maximum atomic E-state index is 4.48. The van der Waals surface area contributed by atoms with E-state index in [9.17, 15) is 0 Å². The van der Waals surface area contributed by atoms with E-state index >= 15 is 0 Å². The third-order valence-corrected chi connectivity index (χ3v) is 4.76. The molecule has 0 spiro atoms. The van der Waals surface area contributed by atoms with Crippen LogP contribution in [0.15, 0.2) is 48.8 Å². The number of hydrogen-bond acceptors (Lipinski definition) is 3. The molecule has 1 atom stereocenters. The van der Waals surface area contributed by atoms with Gasteiger partial charge in [-0.15, -0.1) is 0 Å². The highest BCUT2D eigenvalue weighted by Crippen LogP contribution is 2.26. The SMILES string of the molecule is CC1CN(C)CCN1c1ccc(-c2cnc3[nH]ccc3c2)cc1. The van der Waals surface area contributed by atoms with Crippen LogP contribution in [0.25, 0.3) is 22.2 Å². The molecular formula is C19H22N4. The quantitative estimate of drug-likeness (QED) is 0.788. The van der Waals surface area contributed by atoms with E-state index in [4.69, 9.17) is 0 Å². The molecule has 1 aromatic carbocycles. The topological polar surface area (TPSA) is 35.2 Å². The Balaban J connectivity index is 1.60. The molecular weight excluding hydrogens is 284 g/mol. The van der Waals surface area contributed by atoms with Crippen LogP contribution in [0.3, 0.4) is 0 Å². The fourth-order valence-electron chi connectivity index (χ4n) is 3.47. The first-order chi connectivity index (χ1) is 11.2. The third kappa shape index (κ3) is 2.70. The Morgan fingerprint density at radius 2 is 1.91 bits per heavy atom. The Morgan fingerprint density at radius 1 is 1.09 bits per heavy atom. The van der Waals surface area contributed by atoms with Crippen molar-refractivity contribution < 1.29 is 0 Å². The Morgan fingerprint density at radius 3 is 2.70 bits per heavy atom. The van der Waals surface area contributed by atoms with Crippen LogP contribution in [-0.4, -0.2) is 47.6 Å². The summed E-state index contributed by atoms with van der Waals surface area (Å²) in [6.07, 6.45) is 3.87. The fourth-order valence-corrected chi connectivity index (χ4v) is 3.47. The fraction of sp³-hybridized carbons (Fsp3) is 0.316. The second-order valence-corrected chi connectivity index (χ2v) is 6.49. The van der Waals surface area contributed by atoms with Crippen molar-refractivity contribution in [1.82, 2.24) is 14.9 Å². The first-order valence-electron chi connectivity index (χ1n) is 8.19. The van der Waals surface area contributed by atoms with Crippen LogP contribution in [0, 0.1) is 0 Å². The van der Waals surface area contributed by atoms with Crippen molar-refractivity contribution >= 4 is 16.7 Å². The number of pyridine rings is 1. The number of rotatable bonds is 2. The number of fused-ring (bicyclic) bond motifs is 1. The molecule has 4 heteroatoms. The van der Waals surface area contributed by atoms with Crippen molar-refractivity contribution in [2.24, 2.45) is 0 Å². The lowest BCUT2D eigenvalue weighted by Crippen LogP contribution is -2.50. The van der Waals surface area contributed by atoms with Crippen LogP contribution in [-0.2, 0) is 0 Å². The van der Waals surface area contributed by atoms with E-state index in [1.807, 2.05) is 12.4 Å². The van der Waals surface area contributed by atoms with Gasteiger partial charge in [0.1, 0.15) is 5.65 Å². The van der Waals surface area contributed by atoms with Crippen LogP contribution in [0.1, 0.15) is 6.92 Å². The number of hydrogen-bond donors (Lipinski definition) is 1. The number of nitrogens with zero attached hydrogens (tertiary/aromatic N) is 3. The molecule has 0 amide bonds. The van der Waals surface area contributed by atoms with E-state index in [1.165, 1.54) is 11.3 Å². The Hall–Kier alpha value is -2.33. The lowest BCUT2D eigenvalue weighted by atomic mass is 10.1. The summed E-state index contributed by atoms with van der Waals surface area (Å²) < 4.78 is 0. The molecule has 0 bridgehead atoms. The van der Waals surface area contributed by atoms with Crippen molar-refractivity contribution in [2.75, 3.05) is 31.6 Å². The highest BCUT2D eigenvalue weighted by molar-refractivity contribution is 5.81. The predicted octanol–water partition coefficient (Wildman–Crippen LogP) is 3.37. The zero-order chi connectivity index (χ0) is 15.8. The summed E-state index contributed by atoms with van der Waals surface area (Å²) in [7, 11) is 2.20. The number of likely N-dealkylation sites (N-methyl/N-ethyl adjacent to an activating group) is 1. The average molecular weight is 306 g/mol. The molecule has 1 unspecified atom stereocenters. The molecule has 0 saturated carbocycles. The van der Waals surface area contributed by atoms with E-state index in [0.717, 1.165) is 36.2 Å². The monoisotopic (exact) mass is 306 g/mol. The van der Waals surface area contributed by atoms with Crippen LogP contribution >= 0.6 is 0 Å². The maximum absolute atomic E-state index is 4.48. The Bertz CT molecular complexity index is 806. The summed E-state index contributed by atoms with van der Waals surface area (Å²) in [4.78, 5) is 12.5. The third-order valence-electron chi connectivity index (χ3n) is 4.76. The molecule has 3 aromatic rings. The summed E-state index contributed by atoms with van der Waals surface area (Å²) in [6, 6.07) is 13.7. The molecule has 1 aliphatic rings. The molecule has 4 rings (SSSR count). The summed E-state index contributed by atoms with van der Waals surface area (Å²) in [5, 5.41) is 1.15. The van der Waals surface area contributed by atoms with Gasteiger partial charge in [0.2, 0.25) is 0 Å². The molecule has 0 aliphatic carbocycles. The normalized spacial score (nSPS) is 19.4. The number of aromatic amines is 1. The number of benzene rings is 1. The van der Waals surface area contributed by atoms with Crippen molar-refractivity contribution in [3.8, 4) is 11.1 Å². The molecule has 1 N–H and O–H groups in total. The molecule has 1 fully saturated rings. The van der Waals surface area contributed by atoms with Gasteiger partial charge in [-0.3, -0.25) is 0 Å². The van der Waals surface area contributed by atoms with Gasteiger partial charge in [0, 0.05) is 54.7 Å². The molecule has 2 aromatic heterocycles. The zero-order valence-corrected chi connectivity index (χ0v) is 13.7. The molecule has 118 valence electrons. The minimum Gasteiger partial charge on any atom is -0.366 e. The number of anilines is 1. The number of aromatic nitrogens is 2. The molecule has 1 saturated heterocycles. The molecule has 0 radical (unpaired) electrons. The first-order valence-corrected chi connectivity index (χ1v) is 8.19. The second-order valence-electron chi connectivity index (χ2n) is 6.49. The van der Waals surface area contributed by atoms with Gasteiger partial charge < -0.3 is 14.8 Å². The van der Waals surface area contributed by atoms with Crippen molar-refractivity contribution in [1.29, 1.82) is 0 Å². The van der Waals surface area contributed by atoms with Gasteiger partial charge in [-0.05, 0) is 43.8 Å². The second kappa shape index (κ2) is 5.70. The van der Waals surface area contributed by atoms with E-state index < -0.39 is 0 Å². The largest absolute Gasteiger partial charge is 0.366 e. The van der Waals surface area contributed by atoms with Crippen LogP contribution in [0.2, 0.25) is 0 Å². The molecule has 1 aliphatic heterocycles. The summed E-state index contributed by atoms with van der Waals surface area (Å²) >= 11 is 0. The van der Waals surface area contributed by atoms with Gasteiger partial charge in [-0.25, -0.2) is 4.98 Å². The van der Waals surface area contributed by atoms with Gasteiger partial charge in [-0.1, -0.05) is 12.1 Å². The number of nitrogens with one attached hydrogen (secondary N) is 1. The molecule has 3 heterocycles. The smallest absolute Gasteiger partial charge is 0.137 e. The van der Waals surface area contributed by atoms with Crippen LogP contribution < -0.4 is 4.90 Å². The van der Waals surface area contributed by atoms with Gasteiger partial charge in [0.15, 0.2) is 0 Å². The summed E-state index contributed by atoms with van der Waals surface area (Å²) in [5.74, 6) is 0. The maximum Gasteiger partial charge on any atom is 0.137 e. The molecule has 4 nitrogen and oxygen atoms in total. The van der Waals surface area contributed by atoms with Crippen molar-refractivity contribution in [3.05, 3.63) is 48.8 Å². The lowest BCUT2D eigenvalue weighted by molar-refractivity contribution is 0.275. The lowest BCUT2D eigenvalue weighted by Gasteiger charge is -2.39. The van der Waals surface area contributed by atoms with Gasteiger partial charge in [0.25, 0.3) is 0 Å². The highest BCUT2D eigenvalue weighted by Gasteiger charge is 2.21. The number of piperazine rings is 1. The van der Waals surface area contributed by atoms with Gasteiger partial charge >= 0.3 is 0 Å². The summed E-state index contributed by atoms with van der Waals surface area (Å²) in [6.45, 7) is 5.64. The van der Waals surface area contributed by atoms with E-state index in [2.05, 4.69) is 70.1 Å². The average Bonchev–Trinajstić information content (AvgIpc) is 3.03. The van der Waals surface area contributed by atoms with E-state index in [-0.39, 0.29) is 0 Å². The molecule has 23 heavy (non-hydrogen) atoms. The zero-order valence-electron chi connectivity index (χ0n) is 13.7.